The number of aromatic nitrogens is 3. The molecule has 3 heterocycles. The largest absolute Gasteiger partial charge is 0.496 e. The fourth-order valence-corrected chi connectivity index (χ4v) is 5.05. The number of rotatable bonds is 5. The van der Waals surface area contributed by atoms with E-state index in [1.807, 2.05) is 82.2 Å². The molecule has 1 aliphatic rings. The van der Waals surface area contributed by atoms with E-state index in [0.717, 1.165) is 34.0 Å². The minimum atomic E-state index is -0.0192. The molecular formula is C30H26ClN5O2. The fourth-order valence-electron chi connectivity index (χ4n) is 4.86. The van der Waals surface area contributed by atoms with Crippen molar-refractivity contribution in [2.75, 3.05) is 38.2 Å². The van der Waals surface area contributed by atoms with E-state index in [9.17, 15) is 4.79 Å². The molecule has 5 aromatic rings. The van der Waals surface area contributed by atoms with Crippen molar-refractivity contribution in [1.82, 2.24) is 19.5 Å². The molecule has 8 heteroatoms. The number of anilines is 1. The van der Waals surface area contributed by atoms with Gasteiger partial charge in [0.25, 0.3) is 5.91 Å². The lowest BCUT2D eigenvalue weighted by Crippen LogP contribution is -2.49. The van der Waals surface area contributed by atoms with Crippen molar-refractivity contribution in [1.29, 1.82) is 0 Å². The molecule has 0 radical (unpaired) electrons. The van der Waals surface area contributed by atoms with Crippen LogP contribution in [0.2, 0.25) is 5.02 Å². The van der Waals surface area contributed by atoms with Crippen LogP contribution < -0.4 is 9.64 Å². The van der Waals surface area contributed by atoms with Crippen LogP contribution in [0.25, 0.3) is 28.2 Å². The summed E-state index contributed by atoms with van der Waals surface area (Å²) in [7, 11) is 1.59. The molecule has 7 nitrogen and oxygen atoms in total. The third kappa shape index (κ3) is 4.57. The Morgan fingerprint density at radius 3 is 2.32 bits per heavy atom. The van der Waals surface area contributed by atoms with Gasteiger partial charge in [-0.05, 0) is 24.3 Å². The van der Waals surface area contributed by atoms with E-state index >= 15 is 0 Å². The first-order valence-corrected chi connectivity index (χ1v) is 12.9. The monoisotopic (exact) mass is 523 g/mol. The van der Waals surface area contributed by atoms with Crippen molar-refractivity contribution in [3.63, 3.8) is 0 Å². The molecule has 190 valence electrons. The zero-order valence-corrected chi connectivity index (χ0v) is 21.7. The van der Waals surface area contributed by atoms with E-state index in [4.69, 9.17) is 26.4 Å². The average molecular weight is 524 g/mol. The summed E-state index contributed by atoms with van der Waals surface area (Å²) < 4.78 is 7.30. The van der Waals surface area contributed by atoms with Gasteiger partial charge in [0.05, 0.1) is 24.1 Å². The Morgan fingerprint density at radius 1 is 0.816 bits per heavy atom. The lowest BCUT2D eigenvalue weighted by Gasteiger charge is -2.36. The molecule has 0 aliphatic carbocycles. The third-order valence-electron chi connectivity index (χ3n) is 6.83. The standard InChI is InChI=1S/C30H26ClN5O2/c1-38-27-13-6-5-12-24(27)30(37)35-16-14-34(15-17-35)29-20-25(21-8-3-2-4-9-21)32-28-19-26(33-36(28)29)22-10-7-11-23(31)18-22/h2-13,18-20H,14-17H2,1H3. The van der Waals surface area contributed by atoms with E-state index < -0.39 is 0 Å². The Labute approximate surface area is 225 Å². The average Bonchev–Trinajstić information content (AvgIpc) is 3.41. The van der Waals surface area contributed by atoms with Crippen molar-refractivity contribution in [2.24, 2.45) is 0 Å². The van der Waals surface area contributed by atoms with Crippen molar-refractivity contribution < 1.29 is 9.53 Å². The molecule has 1 amide bonds. The number of fused-ring (bicyclic) bond motifs is 1. The van der Waals surface area contributed by atoms with Gasteiger partial charge in [0.1, 0.15) is 11.6 Å². The lowest BCUT2D eigenvalue weighted by atomic mass is 10.1. The van der Waals surface area contributed by atoms with Crippen molar-refractivity contribution >= 4 is 29.0 Å². The van der Waals surface area contributed by atoms with Crippen LogP contribution in [0.4, 0.5) is 5.82 Å². The summed E-state index contributed by atoms with van der Waals surface area (Å²) in [4.78, 5) is 22.3. The summed E-state index contributed by atoms with van der Waals surface area (Å²) in [6.45, 7) is 2.51. The Morgan fingerprint density at radius 2 is 1.55 bits per heavy atom. The number of carbonyl (C=O) groups is 1. The number of nitrogens with zero attached hydrogens (tertiary/aromatic N) is 5. The highest BCUT2D eigenvalue weighted by Gasteiger charge is 2.26. The van der Waals surface area contributed by atoms with E-state index in [-0.39, 0.29) is 5.91 Å². The van der Waals surface area contributed by atoms with Crippen LogP contribution in [0.5, 0.6) is 5.75 Å². The molecule has 0 saturated carbocycles. The maximum absolute atomic E-state index is 13.3. The predicted octanol–water partition coefficient (Wildman–Crippen LogP) is 5.69. The summed E-state index contributed by atoms with van der Waals surface area (Å²) in [5.74, 6) is 1.51. The Hall–Kier alpha value is -4.36. The van der Waals surface area contributed by atoms with Gasteiger partial charge < -0.3 is 14.5 Å². The van der Waals surface area contributed by atoms with Crippen molar-refractivity contribution in [2.45, 2.75) is 0 Å². The first-order valence-electron chi connectivity index (χ1n) is 12.5. The minimum absolute atomic E-state index is 0.0192. The molecule has 0 atom stereocenters. The van der Waals surface area contributed by atoms with Crippen LogP contribution in [0.3, 0.4) is 0 Å². The molecule has 2 aromatic heterocycles. The maximum atomic E-state index is 13.3. The molecule has 0 unspecified atom stereocenters. The SMILES string of the molecule is COc1ccccc1C(=O)N1CCN(c2cc(-c3ccccc3)nc3cc(-c4cccc(Cl)c4)nn23)CC1. The molecule has 6 rings (SSSR count). The normalized spacial score (nSPS) is 13.6. The quantitative estimate of drug-likeness (QED) is 0.296. The molecule has 0 N–H and O–H groups in total. The number of amides is 1. The minimum Gasteiger partial charge on any atom is -0.496 e. The van der Waals surface area contributed by atoms with Crippen LogP contribution in [0, 0.1) is 0 Å². The Bertz CT molecular complexity index is 1610. The molecule has 1 aliphatic heterocycles. The molecule has 1 fully saturated rings. The van der Waals surface area contributed by atoms with Crippen LogP contribution in [0.1, 0.15) is 10.4 Å². The summed E-state index contributed by atoms with van der Waals surface area (Å²) in [5.41, 5.74) is 4.98. The van der Waals surface area contributed by atoms with Crippen LogP contribution in [0.15, 0.2) is 91.0 Å². The fraction of sp³-hybridized carbons (Fsp3) is 0.167. The smallest absolute Gasteiger partial charge is 0.257 e. The van der Waals surface area contributed by atoms with Gasteiger partial charge in [-0.15, -0.1) is 0 Å². The zero-order valence-electron chi connectivity index (χ0n) is 20.9. The first-order chi connectivity index (χ1) is 18.6. The number of hydrogen-bond donors (Lipinski definition) is 0. The summed E-state index contributed by atoms with van der Waals surface area (Å²) in [6, 6.07) is 29.2. The highest BCUT2D eigenvalue weighted by Crippen LogP contribution is 2.29. The number of piperazine rings is 1. The van der Waals surface area contributed by atoms with E-state index in [0.29, 0.717) is 42.5 Å². The summed E-state index contributed by atoms with van der Waals surface area (Å²) >= 11 is 6.26. The zero-order chi connectivity index (χ0) is 26.1. The van der Waals surface area contributed by atoms with E-state index in [1.54, 1.807) is 7.11 Å². The van der Waals surface area contributed by atoms with Crippen LogP contribution in [-0.2, 0) is 0 Å². The van der Waals surface area contributed by atoms with Crippen LogP contribution in [-0.4, -0.2) is 58.7 Å². The summed E-state index contributed by atoms with van der Waals surface area (Å²) in [6.07, 6.45) is 0. The number of hydrogen-bond acceptors (Lipinski definition) is 5. The highest BCUT2D eigenvalue weighted by atomic mass is 35.5. The van der Waals surface area contributed by atoms with Gasteiger partial charge in [0.2, 0.25) is 0 Å². The van der Waals surface area contributed by atoms with E-state index in [1.165, 1.54) is 0 Å². The molecule has 3 aromatic carbocycles. The van der Waals surface area contributed by atoms with Crippen LogP contribution >= 0.6 is 11.6 Å². The highest BCUT2D eigenvalue weighted by molar-refractivity contribution is 6.30. The van der Waals surface area contributed by atoms with Crippen molar-refractivity contribution in [3.05, 3.63) is 102 Å². The van der Waals surface area contributed by atoms with Gasteiger partial charge in [-0.2, -0.15) is 9.61 Å². The number of benzene rings is 3. The Kier molecular flexibility index (Phi) is 6.43. The molecular weight excluding hydrogens is 498 g/mol. The topological polar surface area (TPSA) is 63.0 Å². The number of halogens is 1. The van der Waals surface area contributed by atoms with Gasteiger partial charge >= 0.3 is 0 Å². The van der Waals surface area contributed by atoms with Gasteiger partial charge in [-0.25, -0.2) is 4.98 Å². The van der Waals surface area contributed by atoms with E-state index in [2.05, 4.69) is 23.1 Å². The molecule has 1 saturated heterocycles. The lowest BCUT2D eigenvalue weighted by molar-refractivity contribution is 0.0743. The predicted molar refractivity (Wildman–Crippen MR) is 150 cm³/mol. The number of para-hydroxylation sites is 1. The number of ether oxygens (including phenoxy) is 1. The second-order valence-corrected chi connectivity index (χ2v) is 9.59. The molecule has 38 heavy (non-hydrogen) atoms. The molecule has 0 bridgehead atoms. The van der Waals surface area contributed by atoms with Crippen molar-refractivity contribution in [3.8, 4) is 28.3 Å². The van der Waals surface area contributed by atoms with Gasteiger partial charge in [0.15, 0.2) is 5.65 Å². The summed E-state index contributed by atoms with van der Waals surface area (Å²) in [5, 5.41) is 5.58. The maximum Gasteiger partial charge on any atom is 0.257 e. The second kappa shape index (κ2) is 10.2. The van der Waals surface area contributed by atoms with Gasteiger partial charge in [-0.1, -0.05) is 66.2 Å². The first kappa shape index (κ1) is 24.0. The van der Waals surface area contributed by atoms with Gasteiger partial charge in [-0.3, -0.25) is 4.79 Å². The number of methoxy groups -OCH3 is 1. The Balaban J connectivity index is 1.34. The van der Waals surface area contributed by atoms with Gasteiger partial charge in [0, 0.05) is 54.5 Å². The second-order valence-electron chi connectivity index (χ2n) is 9.16. The number of carbonyl (C=O) groups excluding carboxylic acids is 1. The third-order valence-corrected chi connectivity index (χ3v) is 7.06. The molecule has 0 spiro atoms.